The first-order valence-corrected chi connectivity index (χ1v) is 6.28. The SMILES string of the molecule is O=C1OCCN1c1ccc(Cn2cnccc2=O)cc1. The van der Waals surface area contributed by atoms with Crippen molar-refractivity contribution in [3.8, 4) is 0 Å². The number of rotatable bonds is 3. The summed E-state index contributed by atoms with van der Waals surface area (Å²) in [5.74, 6) is 0. The summed E-state index contributed by atoms with van der Waals surface area (Å²) in [5.41, 5.74) is 1.68. The summed E-state index contributed by atoms with van der Waals surface area (Å²) in [6.07, 6.45) is 2.66. The van der Waals surface area contributed by atoms with Gasteiger partial charge >= 0.3 is 6.09 Å². The Morgan fingerprint density at radius 1 is 1.15 bits per heavy atom. The van der Waals surface area contributed by atoms with Crippen molar-refractivity contribution in [2.75, 3.05) is 18.1 Å². The fourth-order valence-corrected chi connectivity index (χ4v) is 2.10. The number of carbonyl (C=O) groups excluding carboxylic acids is 1. The Labute approximate surface area is 115 Å². The van der Waals surface area contributed by atoms with E-state index in [0.717, 1.165) is 11.3 Å². The van der Waals surface area contributed by atoms with E-state index in [1.165, 1.54) is 23.2 Å². The van der Waals surface area contributed by atoms with Crippen LogP contribution in [0.3, 0.4) is 0 Å². The van der Waals surface area contributed by atoms with Crippen molar-refractivity contribution in [1.82, 2.24) is 9.55 Å². The van der Waals surface area contributed by atoms with Crippen molar-refractivity contribution in [2.24, 2.45) is 0 Å². The second-order valence-electron chi connectivity index (χ2n) is 4.48. The van der Waals surface area contributed by atoms with Crippen LogP contribution >= 0.6 is 0 Å². The van der Waals surface area contributed by atoms with Gasteiger partial charge in [0.15, 0.2) is 0 Å². The van der Waals surface area contributed by atoms with Crippen LogP contribution in [0.25, 0.3) is 0 Å². The van der Waals surface area contributed by atoms with Crippen LogP contribution < -0.4 is 10.5 Å². The lowest BCUT2D eigenvalue weighted by molar-refractivity contribution is 0.181. The van der Waals surface area contributed by atoms with Crippen molar-refractivity contribution >= 4 is 11.8 Å². The molecule has 1 fully saturated rings. The van der Waals surface area contributed by atoms with E-state index < -0.39 is 0 Å². The first kappa shape index (κ1) is 12.4. The molecule has 20 heavy (non-hydrogen) atoms. The molecule has 1 aliphatic heterocycles. The summed E-state index contributed by atoms with van der Waals surface area (Å²) in [4.78, 5) is 28.6. The number of carbonyl (C=O) groups is 1. The zero-order valence-electron chi connectivity index (χ0n) is 10.7. The number of benzene rings is 1. The van der Waals surface area contributed by atoms with Crippen LogP contribution in [0.15, 0.2) is 47.7 Å². The van der Waals surface area contributed by atoms with Gasteiger partial charge in [-0.2, -0.15) is 0 Å². The molecule has 1 saturated heterocycles. The molecule has 0 N–H and O–H groups in total. The number of nitrogens with zero attached hydrogens (tertiary/aromatic N) is 3. The minimum absolute atomic E-state index is 0.0906. The van der Waals surface area contributed by atoms with E-state index in [0.29, 0.717) is 19.7 Å². The van der Waals surface area contributed by atoms with Crippen LogP contribution in [0.2, 0.25) is 0 Å². The first-order chi connectivity index (χ1) is 9.74. The van der Waals surface area contributed by atoms with Gasteiger partial charge in [0.2, 0.25) is 0 Å². The highest BCUT2D eigenvalue weighted by Gasteiger charge is 2.23. The molecule has 0 saturated carbocycles. The molecule has 0 unspecified atom stereocenters. The fourth-order valence-electron chi connectivity index (χ4n) is 2.10. The summed E-state index contributed by atoms with van der Waals surface area (Å²) < 4.78 is 6.42. The minimum atomic E-state index is -0.318. The second kappa shape index (κ2) is 5.16. The summed E-state index contributed by atoms with van der Waals surface area (Å²) in [7, 11) is 0. The first-order valence-electron chi connectivity index (χ1n) is 6.28. The maximum absolute atomic E-state index is 11.6. The van der Waals surface area contributed by atoms with Crippen molar-refractivity contribution in [2.45, 2.75) is 6.54 Å². The predicted octanol–water partition coefficient (Wildman–Crippen LogP) is 1.25. The second-order valence-corrected chi connectivity index (χ2v) is 4.48. The Hall–Kier alpha value is -2.63. The predicted molar refractivity (Wildman–Crippen MR) is 72.7 cm³/mol. The number of aromatic nitrogens is 2. The molecule has 0 spiro atoms. The normalized spacial score (nSPS) is 14.4. The Balaban J connectivity index is 1.78. The molecule has 0 atom stereocenters. The molecular weight excluding hydrogens is 258 g/mol. The molecule has 102 valence electrons. The molecule has 3 rings (SSSR count). The maximum Gasteiger partial charge on any atom is 0.414 e. The van der Waals surface area contributed by atoms with Gasteiger partial charge in [-0.3, -0.25) is 14.3 Å². The van der Waals surface area contributed by atoms with E-state index in [1.54, 1.807) is 4.90 Å². The summed E-state index contributed by atoms with van der Waals surface area (Å²) in [5, 5.41) is 0. The topological polar surface area (TPSA) is 64.4 Å². The Morgan fingerprint density at radius 2 is 1.95 bits per heavy atom. The smallest absolute Gasteiger partial charge is 0.414 e. The summed E-state index contributed by atoms with van der Waals surface area (Å²) >= 11 is 0. The van der Waals surface area contributed by atoms with E-state index in [1.807, 2.05) is 24.3 Å². The van der Waals surface area contributed by atoms with E-state index >= 15 is 0 Å². The molecule has 1 aromatic carbocycles. The largest absolute Gasteiger partial charge is 0.447 e. The molecule has 1 aromatic heterocycles. The van der Waals surface area contributed by atoms with Gasteiger partial charge in [-0.05, 0) is 17.7 Å². The van der Waals surface area contributed by atoms with E-state index in [9.17, 15) is 9.59 Å². The van der Waals surface area contributed by atoms with Gasteiger partial charge in [-0.1, -0.05) is 12.1 Å². The van der Waals surface area contributed by atoms with Gasteiger partial charge in [0.05, 0.1) is 19.4 Å². The van der Waals surface area contributed by atoms with Crippen LogP contribution in [-0.4, -0.2) is 28.8 Å². The zero-order valence-corrected chi connectivity index (χ0v) is 10.7. The lowest BCUT2D eigenvalue weighted by atomic mass is 10.2. The third-order valence-corrected chi connectivity index (χ3v) is 3.15. The minimum Gasteiger partial charge on any atom is -0.447 e. The van der Waals surface area contributed by atoms with Gasteiger partial charge in [0, 0.05) is 18.0 Å². The highest BCUT2D eigenvalue weighted by atomic mass is 16.6. The molecule has 6 nitrogen and oxygen atoms in total. The van der Waals surface area contributed by atoms with Crippen LogP contribution in [0.5, 0.6) is 0 Å². The summed E-state index contributed by atoms with van der Waals surface area (Å²) in [6, 6.07) is 8.90. The molecule has 1 amide bonds. The maximum atomic E-state index is 11.6. The lowest BCUT2D eigenvalue weighted by Gasteiger charge is -2.13. The molecule has 0 bridgehead atoms. The number of anilines is 1. The number of hydrogen-bond acceptors (Lipinski definition) is 4. The van der Waals surface area contributed by atoms with E-state index in [4.69, 9.17) is 4.74 Å². The third-order valence-electron chi connectivity index (χ3n) is 3.15. The average molecular weight is 271 g/mol. The number of hydrogen-bond donors (Lipinski definition) is 0. The van der Waals surface area contributed by atoms with Gasteiger partial charge < -0.3 is 4.74 Å². The highest BCUT2D eigenvalue weighted by Crippen LogP contribution is 2.19. The van der Waals surface area contributed by atoms with Gasteiger partial charge in [0.1, 0.15) is 6.61 Å². The van der Waals surface area contributed by atoms with E-state index in [-0.39, 0.29) is 11.7 Å². The molecule has 0 radical (unpaired) electrons. The monoisotopic (exact) mass is 271 g/mol. The van der Waals surface area contributed by atoms with Gasteiger partial charge in [-0.25, -0.2) is 9.78 Å². The molecule has 1 aliphatic rings. The average Bonchev–Trinajstić information content (AvgIpc) is 2.89. The quantitative estimate of drug-likeness (QED) is 0.842. The van der Waals surface area contributed by atoms with Crippen LogP contribution in [0.4, 0.5) is 10.5 Å². The number of cyclic esters (lactones) is 1. The standard InChI is InChI=1S/C14H13N3O3/c18-13-5-6-15-10-16(13)9-11-1-3-12(4-2-11)17-7-8-20-14(17)19/h1-6,10H,7-9H2. The van der Waals surface area contributed by atoms with Gasteiger partial charge in [0.25, 0.3) is 5.56 Å². The van der Waals surface area contributed by atoms with Crippen LogP contribution in [0, 0.1) is 0 Å². The third kappa shape index (κ3) is 2.40. The van der Waals surface area contributed by atoms with Crippen LogP contribution in [-0.2, 0) is 11.3 Å². The van der Waals surface area contributed by atoms with Crippen molar-refractivity contribution in [3.05, 3.63) is 58.8 Å². The molecule has 2 aromatic rings. The van der Waals surface area contributed by atoms with Crippen molar-refractivity contribution in [3.63, 3.8) is 0 Å². The fraction of sp³-hybridized carbons (Fsp3) is 0.214. The zero-order chi connectivity index (χ0) is 13.9. The number of amides is 1. The van der Waals surface area contributed by atoms with Crippen molar-refractivity contribution in [1.29, 1.82) is 0 Å². The Bertz CT molecular complexity index is 679. The van der Waals surface area contributed by atoms with Crippen molar-refractivity contribution < 1.29 is 9.53 Å². The van der Waals surface area contributed by atoms with E-state index in [2.05, 4.69) is 4.98 Å². The molecule has 0 aliphatic carbocycles. The highest BCUT2D eigenvalue weighted by molar-refractivity contribution is 5.89. The Kier molecular flexibility index (Phi) is 3.20. The van der Waals surface area contributed by atoms with Gasteiger partial charge in [-0.15, -0.1) is 0 Å². The summed E-state index contributed by atoms with van der Waals surface area (Å²) in [6.45, 7) is 1.45. The van der Waals surface area contributed by atoms with Crippen LogP contribution in [0.1, 0.15) is 5.56 Å². The molecular formula is C14H13N3O3. The molecule has 6 heteroatoms. The Morgan fingerprint density at radius 3 is 2.60 bits per heavy atom. The lowest BCUT2D eigenvalue weighted by Crippen LogP contribution is -2.23. The molecule has 2 heterocycles. The number of ether oxygens (including phenoxy) is 1.